The maximum atomic E-state index is 11.5. The maximum absolute atomic E-state index is 11.5. The van der Waals surface area contributed by atoms with Gasteiger partial charge in [0.2, 0.25) is 5.91 Å². The topological polar surface area (TPSA) is 72.5 Å². The van der Waals surface area contributed by atoms with Gasteiger partial charge in [-0.1, -0.05) is 41.5 Å². The second kappa shape index (κ2) is 11.4. The number of rotatable bonds is 7. The van der Waals surface area contributed by atoms with Crippen LogP contribution in [0.25, 0.3) is 0 Å². The molecule has 5 heteroatoms. The zero-order valence-electron chi connectivity index (χ0n) is 13.7. The molecule has 0 saturated heterocycles. The third-order valence-corrected chi connectivity index (χ3v) is 2.31. The normalized spacial score (nSPS) is 10.1. The van der Waals surface area contributed by atoms with Crippen molar-refractivity contribution in [2.24, 2.45) is 5.41 Å². The van der Waals surface area contributed by atoms with E-state index in [0.29, 0.717) is 6.61 Å². The van der Waals surface area contributed by atoms with Crippen molar-refractivity contribution in [2.75, 3.05) is 13.2 Å². The van der Waals surface area contributed by atoms with Crippen molar-refractivity contribution in [3.63, 3.8) is 0 Å². The van der Waals surface area contributed by atoms with Crippen LogP contribution in [0.2, 0.25) is 0 Å². The summed E-state index contributed by atoms with van der Waals surface area (Å²) in [6.07, 6.45) is 0.869. The van der Waals surface area contributed by atoms with Crippen molar-refractivity contribution in [2.45, 2.75) is 60.8 Å². The average Bonchev–Trinajstić information content (AvgIpc) is 2.41. The summed E-state index contributed by atoms with van der Waals surface area (Å²) in [6, 6.07) is 0. The van der Waals surface area contributed by atoms with Crippen LogP contribution < -0.4 is 5.32 Å². The predicted octanol–water partition coefficient (Wildman–Crippen LogP) is 2.48. The molecular formula is C15H29NO4. The van der Waals surface area contributed by atoms with Gasteiger partial charge in [-0.05, 0) is 6.42 Å². The smallest absolute Gasteiger partial charge is 0.306 e. The van der Waals surface area contributed by atoms with E-state index in [9.17, 15) is 14.4 Å². The first-order valence-corrected chi connectivity index (χ1v) is 7.23. The highest BCUT2D eigenvalue weighted by Crippen LogP contribution is 2.13. The summed E-state index contributed by atoms with van der Waals surface area (Å²) in [7, 11) is 0. The summed E-state index contributed by atoms with van der Waals surface area (Å²) in [5.41, 5.74) is -0.465. The number of hydrogen-bond donors (Lipinski definition) is 1. The van der Waals surface area contributed by atoms with Crippen molar-refractivity contribution in [1.82, 2.24) is 5.32 Å². The standard InChI is InChI=1S/C13H23NO4.C2H6/c1-5-8-18-12(17)7-6-11(16)14-9-10(15)13(2,3)4;1-2/h5-9H2,1-4H3,(H,14,16);1-2H3. The molecule has 1 N–H and O–H groups in total. The molecule has 0 fully saturated rings. The third-order valence-electron chi connectivity index (χ3n) is 2.31. The minimum absolute atomic E-state index is 0.00629. The zero-order chi connectivity index (χ0) is 16.2. The molecule has 0 saturated carbocycles. The monoisotopic (exact) mass is 287 g/mol. The molecule has 0 heterocycles. The fourth-order valence-electron chi connectivity index (χ4n) is 1.04. The fraction of sp³-hybridized carbons (Fsp3) is 0.800. The molecule has 0 aliphatic carbocycles. The number of Topliss-reactive ketones (excluding diaryl/α,β-unsaturated/α-hetero) is 1. The van der Waals surface area contributed by atoms with Crippen molar-refractivity contribution in [1.29, 1.82) is 0 Å². The van der Waals surface area contributed by atoms with Crippen LogP contribution in [0.5, 0.6) is 0 Å². The fourth-order valence-corrected chi connectivity index (χ4v) is 1.04. The highest BCUT2D eigenvalue weighted by Gasteiger charge is 2.21. The Morgan fingerprint density at radius 3 is 2.05 bits per heavy atom. The first kappa shape index (κ1) is 20.9. The van der Waals surface area contributed by atoms with Crippen LogP contribution in [0.3, 0.4) is 0 Å². The lowest BCUT2D eigenvalue weighted by Gasteiger charge is -2.16. The molecule has 1 amide bonds. The molecular weight excluding hydrogens is 258 g/mol. The van der Waals surface area contributed by atoms with Crippen LogP contribution in [0.1, 0.15) is 60.8 Å². The lowest BCUT2D eigenvalue weighted by Crippen LogP contribution is -2.35. The van der Waals surface area contributed by atoms with E-state index in [-0.39, 0.29) is 37.0 Å². The summed E-state index contributed by atoms with van der Waals surface area (Å²) in [5, 5.41) is 2.50. The molecule has 0 aromatic carbocycles. The zero-order valence-corrected chi connectivity index (χ0v) is 13.7. The molecule has 0 bridgehead atoms. The highest BCUT2D eigenvalue weighted by atomic mass is 16.5. The maximum Gasteiger partial charge on any atom is 0.306 e. The predicted molar refractivity (Wildman–Crippen MR) is 79.3 cm³/mol. The number of esters is 1. The van der Waals surface area contributed by atoms with Gasteiger partial charge in [-0.2, -0.15) is 0 Å². The summed E-state index contributed by atoms with van der Waals surface area (Å²) >= 11 is 0. The first-order chi connectivity index (χ1) is 9.27. The Kier molecular flexibility index (Phi) is 12.0. The van der Waals surface area contributed by atoms with Gasteiger partial charge in [0.05, 0.1) is 19.6 Å². The molecule has 5 nitrogen and oxygen atoms in total. The van der Waals surface area contributed by atoms with Gasteiger partial charge in [-0.3, -0.25) is 14.4 Å². The van der Waals surface area contributed by atoms with E-state index >= 15 is 0 Å². The van der Waals surface area contributed by atoms with Crippen molar-refractivity contribution in [3.8, 4) is 0 Å². The first-order valence-electron chi connectivity index (χ1n) is 7.23. The number of carbonyl (C=O) groups is 3. The Morgan fingerprint density at radius 1 is 1.05 bits per heavy atom. The lowest BCUT2D eigenvalue weighted by atomic mass is 9.91. The summed E-state index contributed by atoms with van der Waals surface area (Å²) < 4.78 is 4.84. The molecule has 20 heavy (non-hydrogen) atoms. The summed E-state index contributed by atoms with van der Waals surface area (Å²) in [5.74, 6) is -0.723. The Balaban J connectivity index is 0. The highest BCUT2D eigenvalue weighted by molar-refractivity contribution is 5.90. The number of amides is 1. The lowest BCUT2D eigenvalue weighted by molar-refractivity contribution is -0.145. The third kappa shape index (κ3) is 11.7. The van der Waals surface area contributed by atoms with Gasteiger partial charge in [0.25, 0.3) is 0 Å². The summed E-state index contributed by atoms with van der Waals surface area (Å²) in [6.45, 7) is 11.7. The molecule has 0 spiro atoms. The number of ether oxygens (including phenoxy) is 1. The van der Waals surface area contributed by atoms with Crippen LogP contribution in [-0.4, -0.2) is 30.8 Å². The van der Waals surface area contributed by atoms with Gasteiger partial charge >= 0.3 is 5.97 Å². The van der Waals surface area contributed by atoms with E-state index in [1.54, 1.807) is 20.8 Å². The van der Waals surface area contributed by atoms with Gasteiger partial charge in [0, 0.05) is 11.8 Å². The van der Waals surface area contributed by atoms with Crippen LogP contribution in [0, 0.1) is 5.41 Å². The van der Waals surface area contributed by atoms with E-state index in [1.807, 2.05) is 20.8 Å². The molecule has 0 aromatic rings. The molecule has 0 atom stereocenters. The van der Waals surface area contributed by atoms with E-state index in [4.69, 9.17) is 4.74 Å². The van der Waals surface area contributed by atoms with Crippen molar-refractivity contribution >= 4 is 17.7 Å². The molecule has 0 rings (SSSR count). The Labute approximate surface area is 122 Å². The second-order valence-electron chi connectivity index (χ2n) is 5.17. The van der Waals surface area contributed by atoms with E-state index in [1.165, 1.54) is 0 Å². The SMILES string of the molecule is CC.CCCOC(=O)CCC(=O)NCC(=O)C(C)(C)C. The van der Waals surface area contributed by atoms with Crippen molar-refractivity contribution < 1.29 is 19.1 Å². The summed E-state index contributed by atoms with van der Waals surface area (Å²) in [4.78, 5) is 34.1. The molecule has 0 unspecified atom stereocenters. The largest absolute Gasteiger partial charge is 0.466 e. The van der Waals surface area contributed by atoms with Crippen LogP contribution >= 0.6 is 0 Å². The number of hydrogen-bond acceptors (Lipinski definition) is 4. The van der Waals surface area contributed by atoms with Crippen molar-refractivity contribution in [3.05, 3.63) is 0 Å². The number of ketones is 1. The van der Waals surface area contributed by atoms with Crippen LogP contribution in [0.15, 0.2) is 0 Å². The number of carbonyl (C=O) groups excluding carboxylic acids is 3. The minimum Gasteiger partial charge on any atom is -0.466 e. The Hall–Kier alpha value is -1.39. The van der Waals surface area contributed by atoms with Gasteiger partial charge in [-0.15, -0.1) is 0 Å². The van der Waals surface area contributed by atoms with Gasteiger partial charge in [-0.25, -0.2) is 0 Å². The Bertz CT molecular complexity index is 305. The molecule has 0 aromatic heterocycles. The quantitative estimate of drug-likeness (QED) is 0.730. The minimum atomic E-state index is -0.465. The number of nitrogens with one attached hydrogen (secondary N) is 1. The molecule has 0 radical (unpaired) electrons. The van der Waals surface area contributed by atoms with Gasteiger partial charge in [0.1, 0.15) is 0 Å². The molecule has 118 valence electrons. The van der Waals surface area contributed by atoms with Crippen LogP contribution in [0.4, 0.5) is 0 Å². The second-order valence-corrected chi connectivity index (χ2v) is 5.17. The van der Waals surface area contributed by atoms with Crippen LogP contribution in [-0.2, 0) is 19.1 Å². The Morgan fingerprint density at radius 2 is 1.60 bits per heavy atom. The van der Waals surface area contributed by atoms with E-state index < -0.39 is 5.41 Å². The average molecular weight is 287 g/mol. The molecule has 0 aliphatic heterocycles. The van der Waals surface area contributed by atoms with Gasteiger partial charge in [0.15, 0.2) is 5.78 Å². The van der Waals surface area contributed by atoms with Gasteiger partial charge < -0.3 is 10.1 Å². The molecule has 0 aliphatic rings. The van der Waals surface area contributed by atoms with E-state index in [0.717, 1.165) is 6.42 Å². The van der Waals surface area contributed by atoms with E-state index in [2.05, 4.69) is 5.32 Å².